The maximum atomic E-state index is 12.8. The van der Waals surface area contributed by atoms with Crippen LogP contribution in [0.4, 0.5) is 4.39 Å². The van der Waals surface area contributed by atoms with Crippen LogP contribution in [0.25, 0.3) is 0 Å². The van der Waals surface area contributed by atoms with Crippen LogP contribution in [-0.2, 0) is 14.6 Å². The number of likely N-dealkylation sites (tertiary alicyclic amines) is 1. The van der Waals surface area contributed by atoms with Crippen molar-refractivity contribution in [3.05, 3.63) is 30.1 Å². The minimum absolute atomic E-state index is 0.0746. The Morgan fingerprint density at radius 1 is 1.16 bits per heavy atom. The Labute approximate surface area is 111 Å². The first-order chi connectivity index (χ1) is 8.98. The molecule has 1 heterocycles. The van der Waals surface area contributed by atoms with E-state index in [0.29, 0.717) is 0 Å². The van der Waals surface area contributed by atoms with Gasteiger partial charge in [0.15, 0.2) is 9.84 Å². The van der Waals surface area contributed by atoms with Crippen molar-refractivity contribution in [2.75, 3.05) is 13.1 Å². The van der Waals surface area contributed by atoms with Gasteiger partial charge in [-0.15, -0.1) is 0 Å². The van der Waals surface area contributed by atoms with E-state index in [2.05, 4.69) is 0 Å². The van der Waals surface area contributed by atoms with E-state index < -0.39 is 20.9 Å². The van der Waals surface area contributed by atoms with Gasteiger partial charge in [-0.2, -0.15) is 0 Å². The van der Waals surface area contributed by atoms with Gasteiger partial charge < -0.3 is 4.90 Å². The second kappa shape index (κ2) is 4.30. The molecule has 2 aliphatic rings. The zero-order valence-corrected chi connectivity index (χ0v) is 11.1. The lowest BCUT2D eigenvalue weighted by Gasteiger charge is -2.38. The van der Waals surface area contributed by atoms with E-state index in [1.54, 1.807) is 4.90 Å². The van der Waals surface area contributed by atoms with Crippen molar-refractivity contribution in [3.63, 3.8) is 0 Å². The minimum atomic E-state index is -3.45. The second-order valence-electron chi connectivity index (χ2n) is 5.14. The first-order valence-corrected chi connectivity index (χ1v) is 7.81. The molecule has 6 heteroatoms. The Morgan fingerprint density at radius 3 is 2.26 bits per heavy atom. The van der Waals surface area contributed by atoms with E-state index in [1.165, 1.54) is 12.1 Å². The third-order valence-electron chi connectivity index (χ3n) is 3.67. The molecule has 1 amide bonds. The highest BCUT2D eigenvalue weighted by atomic mass is 32.2. The fraction of sp³-hybridized carbons (Fsp3) is 0.462. The van der Waals surface area contributed by atoms with Crippen LogP contribution in [0, 0.1) is 11.7 Å². The molecule has 0 atom stereocenters. The average Bonchev–Trinajstić information content (AvgIpc) is 3.10. The Kier molecular flexibility index (Phi) is 2.85. The Morgan fingerprint density at radius 2 is 1.74 bits per heavy atom. The van der Waals surface area contributed by atoms with Gasteiger partial charge in [-0.1, -0.05) is 0 Å². The number of sulfone groups is 1. The lowest BCUT2D eigenvalue weighted by Crippen LogP contribution is -2.57. The van der Waals surface area contributed by atoms with E-state index in [0.717, 1.165) is 25.0 Å². The second-order valence-corrected chi connectivity index (χ2v) is 7.37. The van der Waals surface area contributed by atoms with Crippen LogP contribution in [0.2, 0.25) is 0 Å². The molecule has 0 bridgehead atoms. The van der Waals surface area contributed by atoms with Crippen LogP contribution in [-0.4, -0.2) is 37.6 Å². The van der Waals surface area contributed by atoms with Crippen LogP contribution in [0.3, 0.4) is 0 Å². The average molecular weight is 283 g/mol. The summed E-state index contributed by atoms with van der Waals surface area (Å²) in [6.07, 6.45) is 1.84. The topological polar surface area (TPSA) is 54.5 Å². The van der Waals surface area contributed by atoms with Crippen molar-refractivity contribution < 1.29 is 17.6 Å². The lowest BCUT2D eigenvalue weighted by molar-refractivity contribution is -0.135. The third-order valence-corrected chi connectivity index (χ3v) is 5.77. The molecule has 0 unspecified atom stereocenters. The van der Waals surface area contributed by atoms with Crippen molar-refractivity contribution in [1.29, 1.82) is 0 Å². The van der Waals surface area contributed by atoms with E-state index in [1.807, 2.05) is 0 Å². The standard InChI is InChI=1S/C13H14FNO3S/c14-10-3-5-11(6-4-10)19(17,18)12-7-15(8-12)13(16)9-1-2-9/h3-6,9,12H,1-2,7-8H2. The fourth-order valence-corrected chi connectivity index (χ4v) is 3.87. The van der Waals surface area contributed by atoms with Crippen molar-refractivity contribution in [2.45, 2.75) is 23.0 Å². The number of hydrogen-bond donors (Lipinski definition) is 0. The monoisotopic (exact) mass is 283 g/mol. The van der Waals surface area contributed by atoms with Crippen molar-refractivity contribution >= 4 is 15.7 Å². The molecule has 0 radical (unpaired) electrons. The van der Waals surface area contributed by atoms with Crippen molar-refractivity contribution in [3.8, 4) is 0 Å². The summed E-state index contributed by atoms with van der Waals surface area (Å²) < 4.78 is 37.2. The molecule has 0 spiro atoms. The zero-order chi connectivity index (χ0) is 13.6. The van der Waals surface area contributed by atoms with Gasteiger partial charge in [-0.25, -0.2) is 12.8 Å². The zero-order valence-electron chi connectivity index (χ0n) is 10.3. The van der Waals surface area contributed by atoms with Crippen LogP contribution < -0.4 is 0 Å². The van der Waals surface area contributed by atoms with Gasteiger partial charge in [0.2, 0.25) is 5.91 Å². The SMILES string of the molecule is O=C(C1CC1)N1CC(S(=O)(=O)c2ccc(F)cc2)C1. The predicted octanol–water partition coefficient (Wildman–Crippen LogP) is 1.22. The molecular formula is C13H14FNO3S. The highest BCUT2D eigenvalue weighted by molar-refractivity contribution is 7.92. The normalized spacial score (nSPS) is 20.2. The summed E-state index contributed by atoms with van der Waals surface area (Å²) in [4.78, 5) is 13.4. The number of amides is 1. The molecule has 102 valence electrons. The maximum absolute atomic E-state index is 12.8. The predicted molar refractivity (Wildman–Crippen MR) is 66.7 cm³/mol. The minimum Gasteiger partial charge on any atom is -0.340 e. The van der Waals surface area contributed by atoms with Crippen LogP contribution in [0.15, 0.2) is 29.2 Å². The van der Waals surface area contributed by atoms with E-state index >= 15 is 0 Å². The fourth-order valence-electron chi connectivity index (χ4n) is 2.22. The molecular weight excluding hydrogens is 269 g/mol. The van der Waals surface area contributed by atoms with Gasteiger partial charge in [0.25, 0.3) is 0 Å². The summed E-state index contributed by atoms with van der Waals surface area (Å²) in [5.74, 6) is -0.266. The van der Waals surface area contributed by atoms with E-state index in [-0.39, 0.29) is 29.8 Å². The number of carbonyl (C=O) groups excluding carboxylic acids is 1. The molecule has 1 saturated carbocycles. The first-order valence-electron chi connectivity index (χ1n) is 6.27. The van der Waals surface area contributed by atoms with Gasteiger partial charge in [-0.05, 0) is 37.1 Å². The number of halogens is 1. The lowest BCUT2D eigenvalue weighted by atomic mass is 10.2. The summed E-state index contributed by atoms with van der Waals surface area (Å²) in [5, 5.41) is -0.555. The highest BCUT2D eigenvalue weighted by Crippen LogP contribution is 2.34. The van der Waals surface area contributed by atoms with Crippen molar-refractivity contribution in [1.82, 2.24) is 4.90 Å². The molecule has 1 aromatic rings. The van der Waals surface area contributed by atoms with Crippen LogP contribution in [0.5, 0.6) is 0 Å². The van der Waals surface area contributed by atoms with Gasteiger partial charge >= 0.3 is 0 Å². The molecule has 3 rings (SSSR count). The molecule has 1 aromatic carbocycles. The Balaban J connectivity index is 1.69. The summed E-state index contributed by atoms with van der Waals surface area (Å²) >= 11 is 0. The molecule has 19 heavy (non-hydrogen) atoms. The molecule has 4 nitrogen and oxygen atoms in total. The molecule has 0 aromatic heterocycles. The maximum Gasteiger partial charge on any atom is 0.225 e. The highest BCUT2D eigenvalue weighted by Gasteiger charge is 2.44. The molecule has 1 aliphatic carbocycles. The summed E-state index contributed by atoms with van der Waals surface area (Å²) in [5.41, 5.74) is 0. The largest absolute Gasteiger partial charge is 0.340 e. The number of benzene rings is 1. The molecule has 1 aliphatic heterocycles. The van der Waals surface area contributed by atoms with Crippen LogP contribution in [0.1, 0.15) is 12.8 Å². The summed E-state index contributed by atoms with van der Waals surface area (Å²) in [6, 6.07) is 4.82. The van der Waals surface area contributed by atoms with Crippen molar-refractivity contribution in [2.24, 2.45) is 5.92 Å². The van der Waals surface area contributed by atoms with Crippen LogP contribution >= 0.6 is 0 Å². The molecule has 0 N–H and O–H groups in total. The summed E-state index contributed by atoms with van der Waals surface area (Å²) in [6.45, 7) is 0.518. The first kappa shape index (κ1) is 12.6. The quantitative estimate of drug-likeness (QED) is 0.784. The smallest absolute Gasteiger partial charge is 0.225 e. The molecule has 2 fully saturated rings. The number of nitrogens with zero attached hydrogens (tertiary/aromatic N) is 1. The Hall–Kier alpha value is -1.43. The van der Waals surface area contributed by atoms with E-state index in [9.17, 15) is 17.6 Å². The van der Waals surface area contributed by atoms with Gasteiger partial charge in [0.05, 0.1) is 4.90 Å². The van der Waals surface area contributed by atoms with Gasteiger partial charge in [-0.3, -0.25) is 4.79 Å². The third kappa shape index (κ3) is 2.25. The number of rotatable bonds is 3. The number of hydrogen-bond acceptors (Lipinski definition) is 3. The van der Waals surface area contributed by atoms with E-state index in [4.69, 9.17) is 0 Å². The van der Waals surface area contributed by atoms with Gasteiger partial charge in [0, 0.05) is 19.0 Å². The Bertz CT molecular complexity index is 601. The van der Waals surface area contributed by atoms with Gasteiger partial charge in [0.1, 0.15) is 11.1 Å². The summed E-state index contributed by atoms with van der Waals surface area (Å²) in [7, 11) is -3.45. The molecule has 1 saturated heterocycles. The number of carbonyl (C=O) groups is 1.